The third-order valence-electron chi connectivity index (χ3n) is 3.10. The first-order valence-electron chi connectivity index (χ1n) is 6.50. The van der Waals surface area contributed by atoms with Gasteiger partial charge in [0.05, 0.1) is 15.9 Å². The maximum Gasteiger partial charge on any atom is 0.144 e. The van der Waals surface area contributed by atoms with Crippen LogP contribution in [-0.4, -0.2) is 7.57 Å². The normalized spacial score (nSPS) is 11.3. The molecule has 3 aromatic carbocycles. The van der Waals surface area contributed by atoms with Crippen LogP contribution < -0.4 is 15.9 Å². The van der Waals surface area contributed by atoms with Crippen LogP contribution in [0.1, 0.15) is 0 Å². The molecule has 0 aromatic heterocycles. The van der Waals surface area contributed by atoms with Crippen molar-refractivity contribution in [2.75, 3.05) is 0 Å². The van der Waals surface area contributed by atoms with E-state index in [1.165, 1.54) is 22.0 Å². The van der Waals surface area contributed by atoms with Crippen molar-refractivity contribution in [3.8, 4) is 0 Å². The van der Waals surface area contributed by atoms with E-state index in [-0.39, 0.29) is 13.4 Å². The number of rotatable bonds is 3. The SMILES string of the molecule is [BH3-][P+](c1ccccc1)(c1ccccc1)c1cccc(F)c1. The fourth-order valence-corrected chi connectivity index (χ4v) is 4.54. The molecule has 0 spiro atoms. The Labute approximate surface area is 126 Å². The minimum atomic E-state index is -1.54. The number of benzene rings is 3. The summed E-state index contributed by atoms with van der Waals surface area (Å²) in [5.74, 6) is -0.135. The average Bonchev–Trinajstić information content (AvgIpc) is 2.56. The molecule has 0 heterocycles. The summed E-state index contributed by atoms with van der Waals surface area (Å²) >= 11 is 0. The lowest BCUT2D eigenvalue weighted by Gasteiger charge is -2.30. The zero-order valence-electron chi connectivity index (χ0n) is 10.9. The Balaban J connectivity index is 2.25. The molecule has 3 rings (SSSR count). The van der Waals surface area contributed by atoms with Crippen LogP contribution in [0.15, 0.2) is 84.9 Å². The first kappa shape index (κ1) is 14.0. The third kappa shape index (κ3) is 2.64. The summed E-state index contributed by atoms with van der Waals surface area (Å²) < 4.78 is 13.8. The van der Waals surface area contributed by atoms with Gasteiger partial charge in [0, 0.05) is 6.07 Å². The van der Waals surface area contributed by atoms with Crippen molar-refractivity contribution in [3.05, 3.63) is 90.7 Å². The standard InChI is InChI=1S/C18H17BFP/c19-21(16-9-3-1-4-10-16,17-11-5-2-6-12-17)18-13-7-8-15(20)14-18/h1-14H,19H3. The molecule has 0 saturated carbocycles. The van der Waals surface area contributed by atoms with Crippen LogP contribution in [0.5, 0.6) is 0 Å². The van der Waals surface area contributed by atoms with Crippen LogP contribution in [0.25, 0.3) is 0 Å². The highest BCUT2D eigenvalue weighted by molar-refractivity contribution is 8.13. The molecule has 3 aromatic rings. The van der Waals surface area contributed by atoms with Gasteiger partial charge < -0.3 is 0 Å². The minimum absolute atomic E-state index is 0.0531. The van der Waals surface area contributed by atoms with E-state index in [0.29, 0.717) is 0 Å². The van der Waals surface area contributed by atoms with Crippen molar-refractivity contribution in [1.82, 2.24) is 0 Å². The number of hydrogen-bond acceptors (Lipinski definition) is 0. The molecule has 0 atom stereocenters. The molecular weight excluding hydrogens is 277 g/mol. The smallest absolute Gasteiger partial charge is 0.144 e. The molecule has 0 N–H and O–H groups in total. The van der Waals surface area contributed by atoms with Crippen LogP contribution in [0, 0.1) is 5.82 Å². The molecular formula is C18H17BFP. The summed E-state index contributed by atoms with van der Waals surface area (Å²) in [5, 5.41) is 3.93. The van der Waals surface area contributed by atoms with Gasteiger partial charge in [-0.2, -0.15) is 0 Å². The molecule has 0 saturated heterocycles. The molecule has 0 nitrogen and oxygen atoms in total. The minimum Gasteiger partial charge on any atom is -0.207 e. The summed E-state index contributed by atoms with van der Waals surface area (Å²) in [6, 6.07) is 28.5. The van der Waals surface area contributed by atoms with Crippen LogP contribution in [0.3, 0.4) is 0 Å². The monoisotopic (exact) mass is 294 g/mol. The van der Waals surface area contributed by atoms with Crippen LogP contribution in [-0.2, 0) is 0 Å². The largest absolute Gasteiger partial charge is 0.207 e. The lowest BCUT2D eigenvalue weighted by atomic mass is 10.3. The topological polar surface area (TPSA) is 0 Å². The van der Waals surface area contributed by atoms with Crippen molar-refractivity contribution in [2.24, 2.45) is 0 Å². The van der Waals surface area contributed by atoms with Gasteiger partial charge in [0.1, 0.15) is 13.4 Å². The molecule has 0 radical (unpaired) electrons. The van der Waals surface area contributed by atoms with Gasteiger partial charge in [-0.15, -0.1) is 0 Å². The molecule has 104 valence electrons. The molecule has 21 heavy (non-hydrogen) atoms. The Kier molecular flexibility index (Phi) is 3.90. The third-order valence-corrected chi connectivity index (χ3v) is 5.52. The Morgan fingerprint density at radius 3 is 1.57 bits per heavy atom. The van der Waals surface area contributed by atoms with E-state index >= 15 is 0 Å². The molecule has 0 aliphatic carbocycles. The lowest BCUT2D eigenvalue weighted by molar-refractivity contribution is 0.629. The van der Waals surface area contributed by atoms with Gasteiger partial charge in [0.15, 0.2) is 0 Å². The van der Waals surface area contributed by atoms with E-state index in [1.807, 2.05) is 18.2 Å². The molecule has 0 unspecified atom stereocenters. The summed E-state index contributed by atoms with van der Waals surface area (Å²) in [5.41, 5.74) is 0. The van der Waals surface area contributed by atoms with E-state index in [0.717, 1.165) is 0 Å². The zero-order valence-corrected chi connectivity index (χ0v) is 11.8. The number of halogens is 1. The second-order valence-electron chi connectivity index (χ2n) is 4.49. The summed E-state index contributed by atoms with van der Waals surface area (Å²) in [4.78, 5) is 0. The zero-order chi connectivity index (χ0) is 14.7. The number of hydrogen-bond donors (Lipinski definition) is 0. The van der Waals surface area contributed by atoms with Crippen LogP contribution in [0.4, 0.5) is 4.39 Å². The Morgan fingerprint density at radius 1 is 0.619 bits per heavy atom. The van der Waals surface area contributed by atoms with Gasteiger partial charge in [0.25, 0.3) is 0 Å². The van der Waals surface area contributed by atoms with Crippen LogP contribution >= 0.6 is 7.14 Å². The van der Waals surface area contributed by atoms with Crippen LogP contribution in [0.2, 0.25) is 0 Å². The van der Waals surface area contributed by atoms with Gasteiger partial charge in [-0.3, -0.25) is 0 Å². The maximum atomic E-state index is 13.8. The quantitative estimate of drug-likeness (QED) is 0.514. The first-order chi connectivity index (χ1) is 10.2. The fourth-order valence-electron chi connectivity index (χ4n) is 2.22. The van der Waals surface area contributed by atoms with E-state index < -0.39 is 7.14 Å². The van der Waals surface area contributed by atoms with Crippen molar-refractivity contribution < 1.29 is 4.39 Å². The average molecular weight is 294 g/mol. The second-order valence-corrected chi connectivity index (χ2v) is 6.71. The summed E-state index contributed by atoms with van der Waals surface area (Å²) in [6.45, 7) is 0. The van der Waals surface area contributed by atoms with E-state index in [9.17, 15) is 4.39 Å². The summed E-state index contributed by atoms with van der Waals surface area (Å²) in [7, 11) is -1.60. The maximum absolute atomic E-state index is 13.8. The first-order valence-corrected chi connectivity index (χ1v) is 7.84. The highest BCUT2D eigenvalue weighted by atomic mass is 31.2. The highest BCUT2D eigenvalue weighted by Gasteiger charge is 2.32. The predicted octanol–water partition coefficient (Wildman–Crippen LogP) is 2.40. The van der Waals surface area contributed by atoms with Crippen molar-refractivity contribution in [3.63, 3.8) is 0 Å². The Morgan fingerprint density at radius 2 is 1.10 bits per heavy atom. The van der Waals surface area contributed by atoms with Gasteiger partial charge >= 0.3 is 0 Å². The van der Waals surface area contributed by atoms with Gasteiger partial charge in [-0.1, -0.05) is 49.6 Å². The predicted molar refractivity (Wildman–Crippen MR) is 95.0 cm³/mol. The van der Waals surface area contributed by atoms with Crippen molar-refractivity contribution in [1.29, 1.82) is 0 Å². The molecule has 3 heteroatoms. The molecule has 0 fully saturated rings. The van der Waals surface area contributed by atoms with Crippen molar-refractivity contribution in [2.45, 2.75) is 0 Å². The Bertz CT molecular complexity index is 689. The van der Waals surface area contributed by atoms with E-state index in [1.54, 1.807) is 6.07 Å². The van der Waals surface area contributed by atoms with Gasteiger partial charge in [-0.05, 0) is 36.4 Å². The lowest BCUT2D eigenvalue weighted by Crippen LogP contribution is -2.31. The Hall–Kier alpha value is -1.92. The summed E-state index contributed by atoms with van der Waals surface area (Å²) in [6.07, 6.45) is 0. The van der Waals surface area contributed by atoms with Crippen molar-refractivity contribution >= 4 is 30.6 Å². The molecule has 0 bridgehead atoms. The molecule has 0 amide bonds. The van der Waals surface area contributed by atoms with Gasteiger partial charge in [0.2, 0.25) is 0 Å². The molecule has 0 aliphatic heterocycles. The second kappa shape index (κ2) is 5.83. The van der Waals surface area contributed by atoms with Gasteiger partial charge in [-0.25, -0.2) is 4.39 Å². The highest BCUT2D eigenvalue weighted by Crippen LogP contribution is 2.50. The van der Waals surface area contributed by atoms with E-state index in [4.69, 9.17) is 0 Å². The fraction of sp³-hybridized carbons (Fsp3) is 0. The molecule has 0 aliphatic rings. The van der Waals surface area contributed by atoms with E-state index in [2.05, 4.69) is 54.6 Å².